The summed E-state index contributed by atoms with van der Waals surface area (Å²) in [5.41, 5.74) is 0.449. The number of nitrogens with zero attached hydrogens (tertiary/aromatic N) is 1. The fourth-order valence-electron chi connectivity index (χ4n) is 0.584. The molecule has 1 aromatic heterocycles. The zero-order valence-corrected chi connectivity index (χ0v) is 6.22. The van der Waals surface area contributed by atoms with Gasteiger partial charge in [0.05, 0.1) is 5.02 Å². The second kappa shape index (κ2) is 2.80. The summed E-state index contributed by atoms with van der Waals surface area (Å²) >= 11 is 5.54. The molecule has 0 saturated heterocycles. The van der Waals surface area contributed by atoms with Gasteiger partial charge in [-0.15, -0.1) is 0 Å². The number of aromatic nitrogens is 1. The Labute approximate surface area is 63.8 Å². The highest BCUT2D eigenvalue weighted by molar-refractivity contribution is 6.30. The standard InChI is InChI=1S/C7H6ClNO/c1-5(10)7-3-2-6(8)4-9-7/h2-4H,1H3. The van der Waals surface area contributed by atoms with Crippen LogP contribution in [0.15, 0.2) is 18.3 Å². The first-order valence-corrected chi connectivity index (χ1v) is 3.20. The van der Waals surface area contributed by atoms with Gasteiger partial charge in [-0.05, 0) is 12.1 Å². The van der Waals surface area contributed by atoms with Gasteiger partial charge in [0.2, 0.25) is 0 Å². The summed E-state index contributed by atoms with van der Waals surface area (Å²) in [7, 11) is 0. The molecule has 3 heteroatoms. The van der Waals surface area contributed by atoms with Crippen LogP contribution < -0.4 is 0 Å². The molecule has 1 heterocycles. The van der Waals surface area contributed by atoms with Gasteiger partial charge in [0.1, 0.15) is 5.69 Å². The molecule has 1 rings (SSSR count). The molecule has 0 spiro atoms. The summed E-state index contributed by atoms with van der Waals surface area (Å²) in [4.78, 5) is 14.4. The van der Waals surface area contributed by atoms with Crippen LogP contribution in [0.3, 0.4) is 0 Å². The molecule has 0 bridgehead atoms. The lowest BCUT2D eigenvalue weighted by Gasteiger charge is -1.91. The molecule has 0 aliphatic heterocycles. The maximum atomic E-state index is 10.7. The fourth-order valence-corrected chi connectivity index (χ4v) is 0.696. The van der Waals surface area contributed by atoms with Crippen LogP contribution in [0.1, 0.15) is 17.4 Å². The number of hydrogen-bond acceptors (Lipinski definition) is 2. The lowest BCUT2D eigenvalue weighted by molar-refractivity contribution is 0.101. The molecule has 0 aliphatic carbocycles. The maximum Gasteiger partial charge on any atom is 0.178 e. The van der Waals surface area contributed by atoms with Crippen LogP contribution in [-0.4, -0.2) is 10.8 Å². The van der Waals surface area contributed by atoms with Crippen molar-refractivity contribution in [2.45, 2.75) is 6.92 Å². The van der Waals surface area contributed by atoms with Gasteiger partial charge >= 0.3 is 0 Å². The van der Waals surface area contributed by atoms with Crippen molar-refractivity contribution in [1.82, 2.24) is 4.98 Å². The summed E-state index contributed by atoms with van der Waals surface area (Å²) in [5.74, 6) is -0.0448. The molecule has 0 saturated carbocycles. The molecule has 0 amide bonds. The highest BCUT2D eigenvalue weighted by atomic mass is 35.5. The van der Waals surface area contributed by atoms with Crippen molar-refractivity contribution >= 4 is 17.4 Å². The van der Waals surface area contributed by atoms with E-state index in [0.29, 0.717) is 10.7 Å². The van der Waals surface area contributed by atoms with Crippen molar-refractivity contribution in [1.29, 1.82) is 0 Å². The van der Waals surface area contributed by atoms with Crippen LogP contribution >= 0.6 is 11.6 Å². The second-order valence-electron chi connectivity index (χ2n) is 1.92. The smallest absolute Gasteiger partial charge is 0.178 e. The third-order valence-electron chi connectivity index (χ3n) is 1.09. The van der Waals surface area contributed by atoms with E-state index in [4.69, 9.17) is 11.6 Å². The van der Waals surface area contributed by atoms with Crippen LogP contribution in [0.25, 0.3) is 0 Å². The predicted octanol–water partition coefficient (Wildman–Crippen LogP) is 1.94. The van der Waals surface area contributed by atoms with E-state index in [-0.39, 0.29) is 5.78 Å². The average Bonchev–Trinajstić information content (AvgIpc) is 1.88. The van der Waals surface area contributed by atoms with Crippen molar-refractivity contribution in [3.05, 3.63) is 29.0 Å². The Morgan fingerprint density at radius 2 is 2.30 bits per heavy atom. The van der Waals surface area contributed by atoms with E-state index in [9.17, 15) is 4.79 Å². The van der Waals surface area contributed by atoms with Crippen LogP contribution in [-0.2, 0) is 0 Å². The molecule has 10 heavy (non-hydrogen) atoms. The molecular weight excluding hydrogens is 150 g/mol. The molecule has 52 valence electrons. The molecule has 2 nitrogen and oxygen atoms in total. The number of carbonyl (C=O) groups is 1. The van der Waals surface area contributed by atoms with Crippen molar-refractivity contribution in [2.24, 2.45) is 0 Å². The van der Waals surface area contributed by atoms with Gasteiger partial charge in [-0.1, -0.05) is 11.6 Å². The SMILES string of the molecule is CC(=O)c1ccc(Cl)cn1. The molecule has 0 aliphatic rings. The molecule has 0 aromatic carbocycles. The van der Waals surface area contributed by atoms with Crippen molar-refractivity contribution in [3.8, 4) is 0 Å². The minimum atomic E-state index is -0.0448. The Balaban J connectivity index is 3.00. The van der Waals surface area contributed by atoms with E-state index in [2.05, 4.69) is 4.98 Å². The predicted molar refractivity (Wildman–Crippen MR) is 39.3 cm³/mol. The Morgan fingerprint density at radius 1 is 1.60 bits per heavy atom. The van der Waals surface area contributed by atoms with Crippen LogP contribution in [0.4, 0.5) is 0 Å². The van der Waals surface area contributed by atoms with Crippen LogP contribution in [0.2, 0.25) is 5.02 Å². The minimum Gasteiger partial charge on any atom is -0.293 e. The number of ketones is 1. The quantitative estimate of drug-likeness (QED) is 0.580. The number of hydrogen-bond donors (Lipinski definition) is 0. The first-order valence-electron chi connectivity index (χ1n) is 2.82. The topological polar surface area (TPSA) is 30.0 Å². The monoisotopic (exact) mass is 155 g/mol. The van der Waals surface area contributed by atoms with E-state index in [1.165, 1.54) is 13.1 Å². The molecule has 0 unspecified atom stereocenters. The van der Waals surface area contributed by atoms with E-state index < -0.39 is 0 Å². The Bertz CT molecular complexity index is 242. The first kappa shape index (κ1) is 7.22. The van der Waals surface area contributed by atoms with Gasteiger partial charge in [0, 0.05) is 13.1 Å². The molecule has 0 N–H and O–H groups in total. The lowest BCUT2D eigenvalue weighted by atomic mass is 10.3. The fraction of sp³-hybridized carbons (Fsp3) is 0.143. The highest BCUT2D eigenvalue weighted by Crippen LogP contribution is 2.05. The van der Waals surface area contributed by atoms with Gasteiger partial charge in [0.25, 0.3) is 0 Å². The third-order valence-corrected chi connectivity index (χ3v) is 1.31. The summed E-state index contributed by atoms with van der Waals surface area (Å²) in [5, 5.41) is 0.546. The van der Waals surface area contributed by atoms with E-state index >= 15 is 0 Å². The molecule has 0 atom stereocenters. The van der Waals surface area contributed by atoms with Gasteiger partial charge in [-0.25, -0.2) is 0 Å². The number of Topliss-reactive ketones (excluding diaryl/α,β-unsaturated/α-hetero) is 1. The highest BCUT2D eigenvalue weighted by Gasteiger charge is 1.97. The summed E-state index contributed by atoms with van der Waals surface area (Å²) < 4.78 is 0. The van der Waals surface area contributed by atoms with Gasteiger partial charge < -0.3 is 0 Å². The van der Waals surface area contributed by atoms with Crippen molar-refractivity contribution < 1.29 is 4.79 Å². The van der Waals surface area contributed by atoms with E-state index in [0.717, 1.165) is 0 Å². The van der Waals surface area contributed by atoms with Gasteiger partial charge in [-0.2, -0.15) is 0 Å². The number of pyridine rings is 1. The van der Waals surface area contributed by atoms with Crippen LogP contribution in [0, 0.1) is 0 Å². The van der Waals surface area contributed by atoms with E-state index in [1.807, 2.05) is 0 Å². The first-order chi connectivity index (χ1) is 4.70. The largest absolute Gasteiger partial charge is 0.293 e. The zero-order chi connectivity index (χ0) is 7.56. The molecule has 0 radical (unpaired) electrons. The normalized spacial score (nSPS) is 9.40. The second-order valence-corrected chi connectivity index (χ2v) is 2.35. The molecule has 1 aromatic rings. The summed E-state index contributed by atoms with van der Waals surface area (Å²) in [6, 6.07) is 3.25. The zero-order valence-electron chi connectivity index (χ0n) is 5.47. The van der Waals surface area contributed by atoms with Crippen molar-refractivity contribution in [2.75, 3.05) is 0 Å². The number of rotatable bonds is 1. The van der Waals surface area contributed by atoms with Gasteiger partial charge in [-0.3, -0.25) is 9.78 Å². The average molecular weight is 156 g/mol. The Morgan fingerprint density at radius 3 is 2.70 bits per heavy atom. The Kier molecular flexibility index (Phi) is 2.02. The van der Waals surface area contributed by atoms with Crippen LogP contribution in [0.5, 0.6) is 0 Å². The lowest BCUT2D eigenvalue weighted by Crippen LogP contribution is -1.94. The molecule has 0 fully saturated rings. The Hall–Kier alpha value is -0.890. The van der Waals surface area contributed by atoms with Gasteiger partial charge in [0.15, 0.2) is 5.78 Å². The minimum absolute atomic E-state index is 0.0448. The van der Waals surface area contributed by atoms with E-state index in [1.54, 1.807) is 12.1 Å². The summed E-state index contributed by atoms with van der Waals surface area (Å²) in [6.45, 7) is 1.47. The van der Waals surface area contributed by atoms with Crippen molar-refractivity contribution in [3.63, 3.8) is 0 Å². The molecular formula is C7H6ClNO. The third kappa shape index (κ3) is 1.54. The number of halogens is 1. The number of carbonyl (C=O) groups excluding carboxylic acids is 1. The summed E-state index contributed by atoms with van der Waals surface area (Å²) in [6.07, 6.45) is 1.46. The maximum absolute atomic E-state index is 10.7.